The van der Waals surface area contributed by atoms with Gasteiger partial charge in [-0.15, -0.1) is 0 Å². The lowest BCUT2D eigenvalue weighted by atomic mass is 9.50. The molecule has 3 saturated carbocycles. The average Bonchev–Trinajstić information content (AvgIpc) is 2.61. The first-order valence-corrected chi connectivity index (χ1v) is 7.21. The number of nitrogens with one attached hydrogen (secondary N) is 1. The van der Waals surface area contributed by atoms with Crippen molar-refractivity contribution >= 4 is 5.82 Å². The van der Waals surface area contributed by atoms with Crippen LogP contribution in [0.2, 0.25) is 0 Å². The van der Waals surface area contributed by atoms with E-state index in [1.165, 1.54) is 19.3 Å². The van der Waals surface area contributed by atoms with Crippen LogP contribution in [-0.4, -0.2) is 25.3 Å². The number of hydrogen-bond acceptors (Lipinski definition) is 4. The number of hydrogen-bond donors (Lipinski definition) is 1. The first kappa shape index (κ1) is 11.9. The van der Waals surface area contributed by atoms with Crippen LogP contribution in [0.3, 0.4) is 0 Å². The summed E-state index contributed by atoms with van der Waals surface area (Å²) in [6.07, 6.45) is 3.89. The lowest BCUT2D eigenvalue weighted by Gasteiger charge is -2.62. The van der Waals surface area contributed by atoms with E-state index >= 15 is 0 Å². The fraction of sp³-hybridized carbons (Fsp3) is 0.533. The molecule has 3 aliphatic rings. The first-order chi connectivity index (χ1) is 9.53. The Hall–Kier alpha value is -1.91. The van der Waals surface area contributed by atoms with Gasteiger partial charge in [-0.25, -0.2) is 9.67 Å². The Morgan fingerprint density at radius 1 is 1.10 bits per heavy atom. The summed E-state index contributed by atoms with van der Waals surface area (Å²) in [6, 6.07) is 4.07. The molecule has 5 rings (SSSR count). The van der Waals surface area contributed by atoms with Gasteiger partial charge >= 0.3 is 0 Å². The fourth-order valence-electron chi connectivity index (χ4n) is 3.45. The minimum Gasteiger partial charge on any atom is -0.364 e. The van der Waals surface area contributed by atoms with E-state index in [1.807, 2.05) is 37.6 Å². The molecule has 0 atom stereocenters. The molecule has 20 heavy (non-hydrogen) atoms. The molecular weight excluding hydrogens is 250 g/mol. The summed E-state index contributed by atoms with van der Waals surface area (Å²) < 4.78 is 1.82. The van der Waals surface area contributed by atoms with Crippen molar-refractivity contribution in [2.45, 2.75) is 45.6 Å². The lowest BCUT2D eigenvalue weighted by molar-refractivity contribution is 0.00180. The highest BCUT2D eigenvalue weighted by atomic mass is 15.4. The molecule has 1 N–H and O–H groups in total. The average molecular weight is 269 g/mol. The van der Waals surface area contributed by atoms with Gasteiger partial charge in [0.05, 0.1) is 5.69 Å². The third-order valence-electron chi connectivity index (χ3n) is 4.47. The van der Waals surface area contributed by atoms with Crippen LogP contribution < -0.4 is 5.32 Å². The second-order valence-electron chi connectivity index (χ2n) is 6.42. The molecule has 0 aliphatic heterocycles. The number of aryl methyl sites for hydroxylation is 3. The summed E-state index contributed by atoms with van der Waals surface area (Å²) in [5.41, 5.74) is 3.35. The molecule has 2 heterocycles. The van der Waals surface area contributed by atoms with Gasteiger partial charge in [0.1, 0.15) is 5.82 Å². The van der Waals surface area contributed by atoms with E-state index in [-0.39, 0.29) is 0 Å². The van der Waals surface area contributed by atoms with Crippen molar-refractivity contribution in [1.29, 1.82) is 0 Å². The summed E-state index contributed by atoms with van der Waals surface area (Å²) in [5, 5.41) is 8.07. The van der Waals surface area contributed by atoms with Crippen LogP contribution in [0.1, 0.15) is 36.3 Å². The SMILES string of the molecule is Cc1cc(NC23CC(C2)C3)nc(-n2nc(C)cc2C)n1. The topological polar surface area (TPSA) is 55.6 Å². The van der Waals surface area contributed by atoms with Crippen molar-refractivity contribution in [2.24, 2.45) is 5.92 Å². The third-order valence-corrected chi connectivity index (χ3v) is 4.47. The fourth-order valence-corrected chi connectivity index (χ4v) is 3.45. The van der Waals surface area contributed by atoms with E-state index in [4.69, 9.17) is 0 Å². The maximum Gasteiger partial charge on any atom is 0.252 e. The zero-order chi connectivity index (χ0) is 13.9. The first-order valence-electron chi connectivity index (χ1n) is 7.21. The van der Waals surface area contributed by atoms with Crippen LogP contribution in [0.5, 0.6) is 0 Å². The van der Waals surface area contributed by atoms with Crippen molar-refractivity contribution in [3.05, 3.63) is 29.2 Å². The van der Waals surface area contributed by atoms with Crippen LogP contribution in [0.15, 0.2) is 12.1 Å². The number of nitrogens with zero attached hydrogens (tertiary/aromatic N) is 4. The minimum atomic E-state index is 0.331. The van der Waals surface area contributed by atoms with Gasteiger partial charge in [-0.1, -0.05) is 0 Å². The summed E-state index contributed by atoms with van der Waals surface area (Å²) >= 11 is 0. The highest BCUT2D eigenvalue weighted by Gasteiger charge is 2.56. The molecule has 104 valence electrons. The van der Waals surface area contributed by atoms with Gasteiger partial charge < -0.3 is 5.32 Å². The van der Waals surface area contributed by atoms with Gasteiger partial charge in [0.2, 0.25) is 0 Å². The van der Waals surface area contributed by atoms with Crippen LogP contribution in [0, 0.1) is 26.7 Å². The van der Waals surface area contributed by atoms with E-state index in [0.717, 1.165) is 28.8 Å². The maximum atomic E-state index is 4.65. The Balaban J connectivity index is 1.69. The molecule has 3 aliphatic carbocycles. The Labute approximate surface area is 118 Å². The van der Waals surface area contributed by atoms with Crippen molar-refractivity contribution in [2.75, 3.05) is 5.32 Å². The normalized spacial score (nSPS) is 26.9. The minimum absolute atomic E-state index is 0.331. The standard InChI is InChI=1S/C15H19N5/c1-9-5-13(18-15-6-12(7-15)8-15)17-14(16-9)20-11(3)4-10(2)19-20/h4-5,12H,6-8H2,1-3H3,(H,16,17,18). The zero-order valence-electron chi connectivity index (χ0n) is 12.1. The molecule has 0 radical (unpaired) electrons. The van der Waals surface area contributed by atoms with Crippen molar-refractivity contribution in [3.8, 4) is 5.95 Å². The summed E-state index contributed by atoms with van der Waals surface area (Å²) in [6.45, 7) is 6.02. The number of rotatable bonds is 3. The molecule has 5 heteroatoms. The highest BCUT2D eigenvalue weighted by Crippen LogP contribution is 2.58. The Morgan fingerprint density at radius 3 is 2.40 bits per heavy atom. The lowest BCUT2D eigenvalue weighted by Crippen LogP contribution is -2.63. The smallest absolute Gasteiger partial charge is 0.252 e. The predicted octanol–water partition coefficient (Wildman–Crippen LogP) is 2.55. The Morgan fingerprint density at radius 2 is 1.85 bits per heavy atom. The molecule has 2 bridgehead atoms. The van der Waals surface area contributed by atoms with Gasteiger partial charge in [-0.2, -0.15) is 10.1 Å². The predicted molar refractivity (Wildman–Crippen MR) is 77.1 cm³/mol. The van der Waals surface area contributed by atoms with E-state index in [0.29, 0.717) is 11.5 Å². The molecule has 0 spiro atoms. The van der Waals surface area contributed by atoms with Gasteiger partial charge in [-0.05, 0) is 52.0 Å². The quantitative estimate of drug-likeness (QED) is 0.930. The Bertz CT molecular complexity index is 671. The maximum absolute atomic E-state index is 4.65. The van der Waals surface area contributed by atoms with Gasteiger partial charge in [0, 0.05) is 23.0 Å². The van der Waals surface area contributed by atoms with Gasteiger partial charge in [-0.3, -0.25) is 0 Å². The molecule has 0 saturated heterocycles. The highest BCUT2D eigenvalue weighted by molar-refractivity contribution is 5.45. The molecule has 0 aromatic carbocycles. The monoisotopic (exact) mass is 269 g/mol. The van der Waals surface area contributed by atoms with Crippen LogP contribution >= 0.6 is 0 Å². The Kier molecular flexibility index (Phi) is 2.26. The number of aromatic nitrogens is 4. The molecular formula is C15H19N5. The summed E-state index contributed by atoms with van der Waals surface area (Å²) in [4.78, 5) is 9.16. The summed E-state index contributed by atoms with van der Waals surface area (Å²) in [5.74, 6) is 2.55. The van der Waals surface area contributed by atoms with E-state index in [2.05, 4.69) is 20.4 Å². The molecule has 0 unspecified atom stereocenters. The van der Waals surface area contributed by atoms with Crippen LogP contribution in [-0.2, 0) is 0 Å². The van der Waals surface area contributed by atoms with E-state index in [1.54, 1.807) is 0 Å². The molecule has 3 fully saturated rings. The number of anilines is 1. The molecule has 2 aromatic heterocycles. The largest absolute Gasteiger partial charge is 0.364 e. The second-order valence-corrected chi connectivity index (χ2v) is 6.42. The zero-order valence-corrected chi connectivity index (χ0v) is 12.1. The van der Waals surface area contributed by atoms with Gasteiger partial charge in [0.25, 0.3) is 5.95 Å². The second kappa shape index (κ2) is 3.81. The molecule has 2 aromatic rings. The van der Waals surface area contributed by atoms with Crippen LogP contribution in [0.25, 0.3) is 5.95 Å². The van der Waals surface area contributed by atoms with E-state index in [9.17, 15) is 0 Å². The van der Waals surface area contributed by atoms with Crippen molar-refractivity contribution in [3.63, 3.8) is 0 Å². The third kappa shape index (κ3) is 1.72. The van der Waals surface area contributed by atoms with Gasteiger partial charge in [0.15, 0.2) is 0 Å². The van der Waals surface area contributed by atoms with E-state index < -0.39 is 0 Å². The van der Waals surface area contributed by atoms with Crippen molar-refractivity contribution < 1.29 is 0 Å². The summed E-state index contributed by atoms with van der Waals surface area (Å²) in [7, 11) is 0. The van der Waals surface area contributed by atoms with Crippen LogP contribution in [0.4, 0.5) is 5.82 Å². The molecule has 0 amide bonds. The molecule has 5 nitrogen and oxygen atoms in total. The van der Waals surface area contributed by atoms with Crippen molar-refractivity contribution in [1.82, 2.24) is 19.7 Å².